The molecule has 2 aliphatic heterocycles. The van der Waals surface area contributed by atoms with Crippen LogP contribution in [0.25, 0.3) is 0 Å². The smallest absolute Gasteiger partial charge is 0.290 e. The molecule has 9 nitrogen and oxygen atoms in total. The van der Waals surface area contributed by atoms with Gasteiger partial charge in [0.05, 0.1) is 18.9 Å². The number of hydrogen-bond donors (Lipinski definition) is 1. The third kappa shape index (κ3) is 3.10. The van der Waals surface area contributed by atoms with E-state index in [1.165, 1.54) is 0 Å². The zero-order valence-corrected chi connectivity index (χ0v) is 14.7. The van der Waals surface area contributed by atoms with Gasteiger partial charge < -0.3 is 24.0 Å². The Balaban J connectivity index is 1.63. The fourth-order valence-corrected chi connectivity index (χ4v) is 3.40. The van der Waals surface area contributed by atoms with Crippen LogP contribution in [0.4, 0.5) is 5.82 Å². The predicted octanol–water partition coefficient (Wildman–Crippen LogP) is 1.24. The summed E-state index contributed by atoms with van der Waals surface area (Å²) in [6.45, 7) is 4.59. The number of ether oxygens (including phenoxy) is 1. The van der Waals surface area contributed by atoms with E-state index in [4.69, 9.17) is 9.26 Å². The van der Waals surface area contributed by atoms with E-state index in [2.05, 4.69) is 15.5 Å². The van der Waals surface area contributed by atoms with Crippen LogP contribution < -0.4 is 5.32 Å². The molecule has 1 saturated heterocycles. The Morgan fingerprint density at radius 3 is 2.73 bits per heavy atom. The van der Waals surface area contributed by atoms with E-state index in [9.17, 15) is 9.59 Å². The summed E-state index contributed by atoms with van der Waals surface area (Å²) in [6, 6.07) is 1.64. The maximum absolute atomic E-state index is 12.9. The molecule has 0 aromatic carbocycles. The van der Waals surface area contributed by atoms with Gasteiger partial charge in [-0.2, -0.15) is 0 Å². The molecule has 2 aromatic heterocycles. The Bertz CT molecular complexity index is 834. The van der Waals surface area contributed by atoms with Gasteiger partial charge in [0.1, 0.15) is 5.76 Å². The summed E-state index contributed by atoms with van der Waals surface area (Å²) in [5.74, 6) is 0.766. The van der Waals surface area contributed by atoms with Crippen molar-refractivity contribution in [2.45, 2.75) is 32.7 Å². The van der Waals surface area contributed by atoms with Crippen LogP contribution in [0, 0.1) is 6.92 Å². The quantitative estimate of drug-likeness (QED) is 0.884. The molecule has 2 aliphatic rings. The van der Waals surface area contributed by atoms with E-state index < -0.39 is 0 Å². The van der Waals surface area contributed by atoms with Crippen molar-refractivity contribution in [3.8, 4) is 0 Å². The van der Waals surface area contributed by atoms with Crippen molar-refractivity contribution >= 4 is 17.6 Å². The van der Waals surface area contributed by atoms with Gasteiger partial charge >= 0.3 is 0 Å². The Labute approximate surface area is 150 Å². The molecule has 0 unspecified atom stereocenters. The first-order chi connectivity index (χ1) is 12.6. The van der Waals surface area contributed by atoms with Crippen molar-refractivity contribution in [2.24, 2.45) is 0 Å². The summed E-state index contributed by atoms with van der Waals surface area (Å²) in [4.78, 5) is 31.8. The van der Waals surface area contributed by atoms with Crippen molar-refractivity contribution in [3.63, 3.8) is 0 Å². The molecule has 2 aromatic rings. The second-order valence-electron chi connectivity index (χ2n) is 6.52. The largest absolute Gasteiger partial charge is 0.378 e. The monoisotopic (exact) mass is 359 g/mol. The number of aromatic nitrogens is 3. The Hall–Kier alpha value is -2.68. The second kappa shape index (κ2) is 6.91. The lowest BCUT2D eigenvalue weighted by atomic mass is 10.1. The Kier molecular flexibility index (Phi) is 4.46. The Morgan fingerprint density at radius 2 is 2.00 bits per heavy atom. The number of rotatable bonds is 3. The fourth-order valence-electron chi connectivity index (χ4n) is 3.40. The summed E-state index contributed by atoms with van der Waals surface area (Å²) in [5.41, 5.74) is 1.10. The van der Waals surface area contributed by atoms with Crippen LogP contribution in [0.3, 0.4) is 0 Å². The molecule has 4 heterocycles. The number of carbonyl (C=O) groups is 2. The van der Waals surface area contributed by atoms with Crippen molar-refractivity contribution in [1.82, 2.24) is 19.6 Å². The number of morpholine rings is 1. The van der Waals surface area contributed by atoms with Crippen LogP contribution in [0.15, 0.2) is 10.6 Å². The van der Waals surface area contributed by atoms with Crippen LogP contribution in [0.5, 0.6) is 0 Å². The molecule has 1 N–H and O–H groups in total. The molecule has 0 spiro atoms. The summed E-state index contributed by atoms with van der Waals surface area (Å²) < 4.78 is 12.2. The minimum atomic E-state index is -0.370. The molecule has 2 amide bonds. The molecule has 0 saturated carbocycles. The van der Waals surface area contributed by atoms with E-state index in [0.29, 0.717) is 55.9 Å². The van der Waals surface area contributed by atoms with Gasteiger partial charge in [0.2, 0.25) is 0 Å². The Morgan fingerprint density at radius 1 is 1.19 bits per heavy atom. The number of hydrogen-bond acceptors (Lipinski definition) is 6. The van der Waals surface area contributed by atoms with Gasteiger partial charge in [0.15, 0.2) is 17.3 Å². The van der Waals surface area contributed by atoms with Crippen LogP contribution in [0.2, 0.25) is 0 Å². The van der Waals surface area contributed by atoms with Crippen molar-refractivity contribution in [2.75, 3.05) is 31.6 Å². The van der Waals surface area contributed by atoms with E-state index in [1.54, 1.807) is 17.9 Å². The van der Waals surface area contributed by atoms with Crippen molar-refractivity contribution < 1.29 is 18.8 Å². The maximum Gasteiger partial charge on any atom is 0.290 e. The number of anilines is 1. The maximum atomic E-state index is 12.9. The highest BCUT2D eigenvalue weighted by atomic mass is 16.5. The molecule has 0 atom stereocenters. The summed E-state index contributed by atoms with van der Waals surface area (Å²) in [7, 11) is 0. The lowest BCUT2D eigenvalue weighted by Crippen LogP contribution is -2.42. The molecule has 0 bridgehead atoms. The normalized spacial score (nSPS) is 17.0. The van der Waals surface area contributed by atoms with Gasteiger partial charge in [-0.05, 0) is 26.2 Å². The zero-order chi connectivity index (χ0) is 18.1. The number of nitrogens with one attached hydrogen (secondary N) is 1. The van der Waals surface area contributed by atoms with Gasteiger partial charge in [-0.15, -0.1) is 0 Å². The molecule has 0 aliphatic carbocycles. The van der Waals surface area contributed by atoms with Crippen LogP contribution >= 0.6 is 0 Å². The average Bonchev–Trinajstić information content (AvgIpc) is 3.25. The van der Waals surface area contributed by atoms with Gasteiger partial charge in [-0.25, -0.2) is 4.98 Å². The van der Waals surface area contributed by atoms with Crippen LogP contribution in [0.1, 0.15) is 45.4 Å². The highest BCUT2D eigenvalue weighted by Gasteiger charge is 2.30. The number of nitrogens with zero attached hydrogens (tertiary/aromatic N) is 4. The van der Waals surface area contributed by atoms with E-state index in [1.807, 2.05) is 4.57 Å². The molecule has 4 rings (SSSR count). The number of fused-ring (bicyclic) bond motifs is 1. The minimum Gasteiger partial charge on any atom is -0.378 e. The molecule has 138 valence electrons. The minimum absolute atomic E-state index is 0.146. The number of amides is 2. The van der Waals surface area contributed by atoms with Gasteiger partial charge in [0, 0.05) is 25.7 Å². The topological polar surface area (TPSA) is 102 Å². The van der Waals surface area contributed by atoms with Crippen LogP contribution in [-0.4, -0.2) is 57.7 Å². The van der Waals surface area contributed by atoms with Gasteiger partial charge in [-0.3, -0.25) is 9.59 Å². The third-order valence-electron chi connectivity index (χ3n) is 4.69. The van der Waals surface area contributed by atoms with Crippen LogP contribution in [-0.2, 0) is 17.7 Å². The molecule has 26 heavy (non-hydrogen) atoms. The second-order valence-corrected chi connectivity index (χ2v) is 6.52. The molecule has 9 heteroatoms. The fraction of sp³-hybridized carbons (Fsp3) is 0.529. The lowest BCUT2D eigenvalue weighted by molar-refractivity contribution is 0.0291. The summed E-state index contributed by atoms with van der Waals surface area (Å²) in [6.07, 6.45) is 2.67. The van der Waals surface area contributed by atoms with Crippen molar-refractivity contribution in [1.29, 1.82) is 0 Å². The number of aryl methyl sites for hydroxylation is 1. The highest BCUT2D eigenvalue weighted by molar-refractivity contribution is 6.04. The van der Waals surface area contributed by atoms with Crippen molar-refractivity contribution in [3.05, 3.63) is 29.0 Å². The first kappa shape index (κ1) is 16.8. The summed E-state index contributed by atoms with van der Waals surface area (Å²) >= 11 is 0. The third-order valence-corrected chi connectivity index (χ3v) is 4.69. The molecule has 1 fully saturated rings. The molecular formula is C17H21N5O4. The molecular weight excluding hydrogens is 338 g/mol. The number of imidazole rings is 1. The highest BCUT2D eigenvalue weighted by Crippen LogP contribution is 2.23. The van der Waals surface area contributed by atoms with E-state index in [-0.39, 0.29) is 11.8 Å². The lowest BCUT2D eigenvalue weighted by Gasteiger charge is -2.27. The summed E-state index contributed by atoms with van der Waals surface area (Å²) in [5, 5.41) is 6.47. The van der Waals surface area contributed by atoms with Gasteiger partial charge in [-0.1, -0.05) is 5.16 Å². The van der Waals surface area contributed by atoms with E-state index >= 15 is 0 Å². The first-order valence-corrected chi connectivity index (χ1v) is 8.84. The average molecular weight is 359 g/mol. The van der Waals surface area contributed by atoms with E-state index in [0.717, 1.165) is 25.0 Å². The first-order valence-electron chi connectivity index (χ1n) is 8.84. The molecule has 0 radical (unpaired) electrons. The van der Waals surface area contributed by atoms with Gasteiger partial charge in [0.25, 0.3) is 11.8 Å². The number of carbonyl (C=O) groups excluding carboxylic acids is 2. The SMILES string of the molecule is Cc1cc(NC(=O)c2nc(C(=O)N3CCOCC3)n3c2CCCC3)no1. The predicted molar refractivity (Wildman–Crippen MR) is 91.1 cm³/mol. The zero-order valence-electron chi connectivity index (χ0n) is 14.7. The standard InChI is InChI=1S/C17H21N5O4/c1-11-10-13(20-26-11)18-16(23)14-12-4-2-3-5-22(12)15(19-14)17(24)21-6-8-25-9-7-21/h10H,2-9H2,1H3,(H,18,20,23).